The van der Waals surface area contributed by atoms with Gasteiger partial charge in [0.1, 0.15) is 0 Å². The third-order valence-corrected chi connectivity index (χ3v) is 17.7. The lowest BCUT2D eigenvalue weighted by atomic mass is 9.45. The lowest BCUT2D eigenvalue weighted by molar-refractivity contribution is 0.101. The molecule has 9 atom stereocenters. The molecule has 12 aliphatic carbocycles. The summed E-state index contributed by atoms with van der Waals surface area (Å²) in [6.45, 7) is 0. The second-order valence-electron chi connectivity index (χ2n) is 20.4. The average Bonchev–Trinajstić information content (AvgIpc) is 3.46. The first kappa shape index (κ1) is 35.4. The summed E-state index contributed by atoms with van der Waals surface area (Å²) in [4.78, 5) is 5.77. The van der Waals surface area contributed by atoms with Crippen molar-refractivity contribution in [2.45, 2.75) is 159 Å². The van der Waals surface area contributed by atoms with Crippen LogP contribution in [0, 0.1) is 35.0 Å². The second-order valence-corrected chi connectivity index (χ2v) is 20.4. The van der Waals surface area contributed by atoms with E-state index >= 15 is 0 Å². The van der Waals surface area contributed by atoms with Crippen LogP contribution >= 0.6 is 0 Å². The molecule has 2 fully saturated rings. The topological polar surface area (TPSA) is 6.48 Å². The Morgan fingerprint density at radius 2 is 1.67 bits per heavy atom. The molecule has 2 nitrogen and oxygen atoms in total. The Hall–Kier alpha value is -3.52. The van der Waals surface area contributed by atoms with Gasteiger partial charge in [-0.2, -0.15) is 0 Å². The fourth-order valence-electron chi connectivity index (χ4n) is 15.1. The van der Waals surface area contributed by atoms with Crippen LogP contribution in [0.25, 0.3) is 0 Å². The fourth-order valence-corrected chi connectivity index (χ4v) is 15.1. The monoisotopic (exact) mass is 755 g/mol. The van der Waals surface area contributed by atoms with Gasteiger partial charge in [0.2, 0.25) is 0 Å². The third-order valence-electron chi connectivity index (χ3n) is 17.7. The summed E-state index contributed by atoms with van der Waals surface area (Å²) in [5.41, 5.74) is 17.9. The average molecular weight is 755 g/mol. The van der Waals surface area contributed by atoms with Crippen molar-refractivity contribution in [3.8, 4) is 0 Å². The summed E-state index contributed by atoms with van der Waals surface area (Å²) in [6.07, 6.45) is 64.1. The molecule has 0 amide bonds. The van der Waals surface area contributed by atoms with E-state index in [1.165, 1.54) is 147 Å². The molecule has 0 aromatic rings. The molecule has 0 bridgehead atoms. The fraction of sp³-hybridized carbons (Fsp3) is 0.564. The molecular weight excluding hydrogens is 689 g/mol. The van der Waals surface area contributed by atoms with Gasteiger partial charge >= 0.3 is 0 Å². The van der Waals surface area contributed by atoms with E-state index in [2.05, 4.69) is 94.9 Å². The van der Waals surface area contributed by atoms with Crippen LogP contribution in [-0.2, 0) is 0 Å². The first-order valence-electron chi connectivity index (χ1n) is 24.1. The van der Waals surface area contributed by atoms with Crippen LogP contribution in [-0.4, -0.2) is 27.9 Å². The van der Waals surface area contributed by atoms with E-state index in [9.17, 15) is 0 Å². The molecule has 0 N–H and O–H groups in total. The van der Waals surface area contributed by atoms with Crippen LogP contribution in [0.5, 0.6) is 0 Å². The number of allylic oxidation sites excluding steroid dienone is 19. The van der Waals surface area contributed by atoms with Crippen molar-refractivity contribution in [1.29, 1.82) is 0 Å². The molecule has 296 valence electrons. The molecule has 0 aliphatic heterocycles. The molecule has 0 radical (unpaired) electrons. The van der Waals surface area contributed by atoms with E-state index in [4.69, 9.17) is 0 Å². The molecule has 2 heteroatoms. The zero-order chi connectivity index (χ0) is 37.5. The first-order valence-corrected chi connectivity index (χ1v) is 24.1. The largest absolute Gasteiger partial charge is 0.362 e. The SMILES string of the molecule is C1=CCCC(N(C2=CCCC=C2)C2CCC3C4=C2CC42CC4=C(/C=C/C5CC=C(N(C6C=C7C=CCCC7CC6)C6C=CC7=C(CCCC7)C6)CC5)CCC3C42)=C1. The van der Waals surface area contributed by atoms with Crippen LogP contribution in [0.1, 0.15) is 141 Å². The maximum absolute atomic E-state index is 2.94. The molecule has 0 heterocycles. The number of hydrogen-bond acceptors (Lipinski definition) is 2. The number of fused-ring (bicyclic) bond motifs is 2. The van der Waals surface area contributed by atoms with Crippen molar-refractivity contribution >= 4 is 0 Å². The molecular formula is C55H66N2. The van der Waals surface area contributed by atoms with Crippen molar-refractivity contribution in [2.75, 3.05) is 0 Å². The molecule has 0 aromatic carbocycles. The van der Waals surface area contributed by atoms with Crippen LogP contribution in [0.2, 0.25) is 0 Å². The summed E-state index contributed by atoms with van der Waals surface area (Å²) >= 11 is 0. The van der Waals surface area contributed by atoms with Crippen molar-refractivity contribution in [3.63, 3.8) is 0 Å². The molecule has 2 saturated carbocycles. The Bertz CT molecular complexity index is 2080. The molecule has 12 rings (SSSR count). The van der Waals surface area contributed by atoms with E-state index in [-0.39, 0.29) is 0 Å². The Kier molecular flexibility index (Phi) is 8.91. The van der Waals surface area contributed by atoms with Crippen LogP contribution in [0.3, 0.4) is 0 Å². The number of nitrogens with zero attached hydrogens (tertiary/aromatic N) is 2. The van der Waals surface area contributed by atoms with Gasteiger partial charge in [-0.05, 0) is 205 Å². The molecule has 9 unspecified atom stereocenters. The highest BCUT2D eigenvalue weighted by Gasteiger charge is 2.71. The predicted octanol–water partition coefficient (Wildman–Crippen LogP) is 13.8. The van der Waals surface area contributed by atoms with E-state index in [0.717, 1.165) is 23.7 Å². The standard InChI is InChI=1S/C55H66N2/c1-3-15-43(16-4-1)57(44-17-5-2-6-18-44)52-32-31-49-48-30-25-40(50-35-55(53(48)50)36-51(52)54(49)55)22-19-37-20-26-45(27-21-37)56(46-28-23-38-11-7-9-13-41(38)33-46)47-29-24-39-12-8-10-14-42(39)34-47/h1,3,5,9,13,15,17-19,22,24,26,29,33,37-38,46-49,52-53H,2,4,6-8,10-12,14,16,20-21,23,25,27-28,30-32,34-36H2/b22-19+. The first-order chi connectivity index (χ1) is 28.2. The Balaban J connectivity index is 0.770. The van der Waals surface area contributed by atoms with E-state index in [1.54, 1.807) is 33.7 Å². The van der Waals surface area contributed by atoms with E-state index < -0.39 is 0 Å². The van der Waals surface area contributed by atoms with Gasteiger partial charge in [0.15, 0.2) is 0 Å². The smallest absolute Gasteiger partial charge is 0.0551 e. The molecule has 57 heavy (non-hydrogen) atoms. The summed E-state index contributed by atoms with van der Waals surface area (Å²) in [6, 6.07) is 1.66. The van der Waals surface area contributed by atoms with Crippen molar-refractivity contribution in [1.82, 2.24) is 9.80 Å². The van der Waals surface area contributed by atoms with Gasteiger partial charge in [-0.25, -0.2) is 0 Å². The lowest BCUT2D eigenvalue weighted by Gasteiger charge is -2.60. The van der Waals surface area contributed by atoms with Crippen LogP contribution < -0.4 is 0 Å². The minimum absolute atomic E-state index is 0.525. The molecule has 12 aliphatic rings. The maximum atomic E-state index is 2.94. The molecule has 0 saturated heterocycles. The minimum Gasteiger partial charge on any atom is -0.362 e. The molecule has 1 spiro atoms. The van der Waals surface area contributed by atoms with Gasteiger partial charge in [0.25, 0.3) is 0 Å². The summed E-state index contributed by atoms with van der Waals surface area (Å²) < 4.78 is 0. The highest BCUT2D eigenvalue weighted by molar-refractivity contribution is 5.58. The quantitative estimate of drug-likeness (QED) is 0.228. The van der Waals surface area contributed by atoms with Gasteiger partial charge in [0.05, 0.1) is 12.1 Å². The Morgan fingerprint density at radius 1 is 0.719 bits per heavy atom. The molecule has 0 aromatic heterocycles. The Morgan fingerprint density at radius 3 is 2.56 bits per heavy atom. The van der Waals surface area contributed by atoms with Gasteiger partial charge in [0, 0.05) is 28.5 Å². The van der Waals surface area contributed by atoms with Gasteiger partial charge in [-0.3, -0.25) is 0 Å². The zero-order valence-corrected chi connectivity index (χ0v) is 34.7. The summed E-state index contributed by atoms with van der Waals surface area (Å²) in [7, 11) is 0. The Labute approximate surface area is 344 Å². The van der Waals surface area contributed by atoms with E-state index in [1.807, 2.05) is 16.7 Å². The maximum Gasteiger partial charge on any atom is 0.0551 e. The number of rotatable bonds is 8. The van der Waals surface area contributed by atoms with Crippen LogP contribution in [0.4, 0.5) is 0 Å². The lowest BCUT2D eigenvalue weighted by Crippen LogP contribution is -2.52. The number of hydrogen-bond donors (Lipinski definition) is 0. The van der Waals surface area contributed by atoms with Crippen molar-refractivity contribution in [3.05, 3.63) is 141 Å². The predicted molar refractivity (Wildman–Crippen MR) is 236 cm³/mol. The zero-order valence-electron chi connectivity index (χ0n) is 34.7. The van der Waals surface area contributed by atoms with Crippen molar-refractivity contribution in [2.24, 2.45) is 35.0 Å². The second kappa shape index (κ2) is 14.3. The normalized spacial score (nSPS) is 38.7. The van der Waals surface area contributed by atoms with Gasteiger partial charge in [-0.15, -0.1) is 0 Å². The highest BCUT2D eigenvalue weighted by atomic mass is 15.2. The van der Waals surface area contributed by atoms with E-state index in [0.29, 0.717) is 29.5 Å². The van der Waals surface area contributed by atoms with Crippen molar-refractivity contribution < 1.29 is 0 Å². The van der Waals surface area contributed by atoms with Crippen LogP contribution in [0.15, 0.2) is 141 Å². The van der Waals surface area contributed by atoms with Gasteiger partial charge in [-0.1, -0.05) is 89.6 Å². The highest BCUT2D eigenvalue weighted by Crippen LogP contribution is 2.80. The summed E-state index contributed by atoms with van der Waals surface area (Å²) in [5, 5.41) is 0. The minimum atomic E-state index is 0.525. The van der Waals surface area contributed by atoms with Gasteiger partial charge < -0.3 is 9.80 Å². The summed E-state index contributed by atoms with van der Waals surface area (Å²) in [5.74, 6) is 4.15. The third kappa shape index (κ3) is 5.83.